The number of hydrogen-bond acceptors (Lipinski definition) is 8. The molecule has 0 aromatic heterocycles. The van der Waals surface area contributed by atoms with Crippen molar-refractivity contribution in [1.29, 1.82) is 0 Å². The minimum atomic E-state index is -0.347. The molecule has 3 aromatic carbocycles. The fourth-order valence-corrected chi connectivity index (χ4v) is 3.98. The quantitative estimate of drug-likeness (QED) is 0.174. The Bertz CT molecular complexity index is 1370. The van der Waals surface area contributed by atoms with E-state index in [-0.39, 0.29) is 33.7 Å². The number of benzene rings is 3. The van der Waals surface area contributed by atoms with Gasteiger partial charge in [-0.15, -0.1) is 0 Å². The van der Waals surface area contributed by atoms with Crippen molar-refractivity contribution in [3.05, 3.63) is 99.1 Å². The molecule has 1 heterocycles. The van der Waals surface area contributed by atoms with Crippen molar-refractivity contribution in [2.45, 2.75) is 33.6 Å². The van der Waals surface area contributed by atoms with Gasteiger partial charge in [-0.3, -0.25) is 29.3 Å². The first kappa shape index (κ1) is 30.6. The normalized spacial score (nSPS) is 11.2. The molecule has 0 saturated heterocycles. The molecular formula is C30H32N2O7. The van der Waals surface area contributed by atoms with Crippen LogP contribution >= 0.6 is 0 Å². The Morgan fingerprint density at radius 1 is 0.923 bits per heavy atom. The molecule has 0 amide bonds. The lowest BCUT2D eigenvalue weighted by Crippen LogP contribution is -2.13. The fourth-order valence-electron chi connectivity index (χ4n) is 3.98. The average molecular weight is 533 g/mol. The van der Waals surface area contributed by atoms with Crippen molar-refractivity contribution < 1.29 is 28.8 Å². The van der Waals surface area contributed by atoms with Crippen molar-refractivity contribution in [1.82, 2.24) is 0 Å². The fraction of sp³-hybridized carbons (Fsp3) is 0.267. The van der Waals surface area contributed by atoms with Crippen LogP contribution in [0.4, 0.5) is 11.4 Å². The van der Waals surface area contributed by atoms with Gasteiger partial charge < -0.3 is 9.64 Å². The molecule has 9 heteroatoms. The summed E-state index contributed by atoms with van der Waals surface area (Å²) in [5, 5.41) is 10.8. The summed E-state index contributed by atoms with van der Waals surface area (Å²) in [6, 6.07) is 19.0. The lowest BCUT2D eigenvalue weighted by molar-refractivity contribution is -0.384. The second-order valence-corrected chi connectivity index (χ2v) is 8.67. The molecular weight excluding hydrogens is 500 g/mol. The molecule has 0 bridgehead atoms. The maximum Gasteiger partial charge on any atom is 0.293 e. The summed E-state index contributed by atoms with van der Waals surface area (Å²) in [7, 11) is 3.44. The molecule has 204 valence electrons. The maximum atomic E-state index is 12.2. The number of hydrogen-bond donors (Lipinski definition) is 0. The number of carbonyl (C=O) groups excluding carboxylic acids is 4. The number of fused-ring (bicyclic) bond motifs is 1. The Balaban J connectivity index is 0.000000223. The van der Waals surface area contributed by atoms with Gasteiger partial charge in [0, 0.05) is 55.3 Å². The number of rotatable bonds is 7. The van der Waals surface area contributed by atoms with E-state index in [9.17, 15) is 29.3 Å². The molecule has 0 radical (unpaired) electrons. The van der Waals surface area contributed by atoms with E-state index in [4.69, 9.17) is 4.74 Å². The van der Waals surface area contributed by atoms with E-state index in [2.05, 4.69) is 0 Å². The highest BCUT2D eigenvalue weighted by molar-refractivity contribution is 6.36. The van der Waals surface area contributed by atoms with Crippen molar-refractivity contribution in [3.8, 4) is 5.75 Å². The van der Waals surface area contributed by atoms with Crippen molar-refractivity contribution in [2.24, 2.45) is 0 Å². The molecule has 39 heavy (non-hydrogen) atoms. The Hall–Kier alpha value is -4.66. The van der Waals surface area contributed by atoms with Gasteiger partial charge in [-0.1, -0.05) is 61.5 Å². The first-order chi connectivity index (χ1) is 18.5. The monoisotopic (exact) mass is 532 g/mol. The van der Waals surface area contributed by atoms with Gasteiger partial charge >= 0.3 is 0 Å². The van der Waals surface area contributed by atoms with E-state index in [1.54, 1.807) is 56.5 Å². The number of Topliss-reactive ketones (excluding diaryl/α,β-unsaturated/α-hetero) is 3. The minimum absolute atomic E-state index is 0.0927. The third kappa shape index (κ3) is 7.91. The number of ether oxygens (including phenoxy) is 1. The summed E-state index contributed by atoms with van der Waals surface area (Å²) in [5.41, 5.74) is 3.33. The molecule has 0 aliphatic carbocycles. The van der Waals surface area contributed by atoms with Crippen LogP contribution in [0.25, 0.3) is 0 Å². The number of nitrogens with zero attached hydrogens (tertiary/aromatic N) is 2. The van der Waals surface area contributed by atoms with E-state index in [1.807, 2.05) is 30.1 Å². The van der Waals surface area contributed by atoms with Gasteiger partial charge in [0.1, 0.15) is 11.4 Å². The summed E-state index contributed by atoms with van der Waals surface area (Å²) in [4.78, 5) is 56.3. The van der Waals surface area contributed by atoms with Crippen molar-refractivity contribution in [2.75, 3.05) is 25.6 Å². The van der Waals surface area contributed by atoms with E-state index < -0.39 is 0 Å². The van der Waals surface area contributed by atoms with Gasteiger partial charge in [0.05, 0.1) is 12.0 Å². The Kier molecular flexibility index (Phi) is 11.2. The maximum absolute atomic E-state index is 12.2. The third-order valence-corrected chi connectivity index (χ3v) is 6.01. The van der Waals surface area contributed by atoms with Crippen molar-refractivity contribution >= 4 is 34.5 Å². The molecule has 0 fully saturated rings. The molecule has 0 unspecified atom stereocenters. The van der Waals surface area contributed by atoms with Crippen molar-refractivity contribution in [3.63, 3.8) is 0 Å². The van der Waals surface area contributed by atoms with Crippen LogP contribution in [0.3, 0.4) is 0 Å². The van der Waals surface area contributed by atoms with Gasteiger partial charge in [0.15, 0.2) is 23.1 Å². The van der Waals surface area contributed by atoms with Crippen LogP contribution in [-0.2, 0) is 16.0 Å². The molecule has 0 N–H and O–H groups in total. The first-order valence-electron chi connectivity index (χ1n) is 12.3. The summed E-state index contributed by atoms with van der Waals surface area (Å²) in [5.74, 6) is -0.108. The van der Waals surface area contributed by atoms with Gasteiger partial charge in [-0.2, -0.15) is 0 Å². The van der Waals surface area contributed by atoms with Crippen LogP contribution in [-0.4, -0.2) is 48.8 Å². The van der Waals surface area contributed by atoms with Crippen LogP contribution in [0.1, 0.15) is 59.0 Å². The molecule has 0 saturated carbocycles. The number of carbonyl (C=O) groups is 4. The molecule has 0 spiro atoms. The van der Waals surface area contributed by atoms with E-state index >= 15 is 0 Å². The first-order valence-corrected chi connectivity index (χ1v) is 12.3. The SMILES string of the molecule is CC(=O)c1ccccc1C(=O)c1ccccc1.CCC(=O)C(C)=O.COc1ccc([N+](=O)[O-])c2c1CCN2C. The largest absolute Gasteiger partial charge is 0.496 e. The molecule has 1 aliphatic rings. The molecule has 3 aromatic rings. The lowest BCUT2D eigenvalue weighted by Gasteiger charge is -2.12. The molecule has 0 atom stereocenters. The summed E-state index contributed by atoms with van der Waals surface area (Å²) in [6.07, 6.45) is 1.13. The van der Waals surface area contributed by atoms with Crippen LogP contribution in [0.5, 0.6) is 5.75 Å². The highest BCUT2D eigenvalue weighted by Gasteiger charge is 2.28. The van der Waals surface area contributed by atoms with Crippen LogP contribution < -0.4 is 9.64 Å². The van der Waals surface area contributed by atoms with Gasteiger partial charge in [-0.05, 0) is 19.4 Å². The zero-order valence-corrected chi connectivity index (χ0v) is 22.7. The topological polar surface area (TPSA) is 124 Å². The standard InChI is InChI=1S/C15H12O2.C10H12N2O3.C5H8O2/c1-11(16)13-9-5-6-10-14(13)15(17)12-7-3-2-4-8-12;1-11-6-5-7-9(15-2)4-3-8(10(7)11)12(13)14;1-3-5(7)4(2)6/h2-10H,1H3;3-4H,5-6H2,1-2H3;3H2,1-2H3. The lowest BCUT2D eigenvalue weighted by atomic mass is 9.97. The third-order valence-electron chi connectivity index (χ3n) is 6.01. The number of nitro groups is 1. The zero-order chi connectivity index (χ0) is 29.1. The number of methoxy groups -OCH3 is 1. The van der Waals surface area contributed by atoms with E-state index in [0.29, 0.717) is 28.8 Å². The Labute approximate surface area is 227 Å². The summed E-state index contributed by atoms with van der Waals surface area (Å²) >= 11 is 0. The van der Waals surface area contributed by atoms with E-state index in [0.717, 1.165) is 24.3 Å². The van der Waals surface area contributed by atoms with Crippen LogP contribution in [0.2, 0.25) is 0 Å². The summed E-state index contributed by atoms with van der Waals surface area (Å²) in [6.45, 7) is 5.23. The average Bonchev–Trinajstić information content (AvgIpc) is 3.34. The summed E-state index contributed by atoms with van der Waals surface area (Å²) < 4.78 is 5.19. The minimum Gasteiger partial charge on any atom is -0.496 e. The number of anilines is 1. The van der Waals surface area contributed by atoms with Gasteiger partial charge in [-0.25, -0.2) is 0 Å². The predicted molar refractivity (Wildman–Crippen MR) is 149 cm³/mol. The van der Waals surface area contributed by atoms with Gasteiger partial charge in [0.2, 0.25) is 0 Å². The zero-order valence-electron chi connectivity index (χ0n) is 22.7. The molecule has 9 nitrogen and oxygen atoms in total. The number of ketones is 4. The molecule has 4 rings (SSSR count). The van der Waals surface area contributed by atoms with Crippen LogP contribution in [0.15, 0.2) is 66.7 Å². The molecule has 1 aliphatic heterocycles. The second kappa shape index (κ2) is 14.3. The smallest absolute Gasteiger partial charge is 0.293 e. The van der Waals surface area contributed by atoms with Gasteiger partial charge in [0.25, 0.3) is 5.69 Å². The van der Waals surface area contributed by atoms with Crippen LogP contribution in [0, 0.1) is 10.1 Å². The second-order valence-electron chi connectivity index (χ2n) is 8.67. The number of nitro benzene ring substituents is 1. The Morgan fingerprint density at radius 2 is 1.51 bits per heavy atom. The number of likely N-dealkylation sites (N-methyl/N-ethyl adjacent to an activating group) is 1. The Morgan fingerprint density at radius 3 is 2.00 bits per heavy atom. The highest BCUT2D eigenvalue weighted by atomic mass is 16.6. The highest BCUT2D eigenvalue weighted by Crippen LogP contribution is 2.41. The van der Waals surface area contributed by atoms with E-state index in [1.165, 1.54) is 19.9 Å². The predicted octanol–water partition coefficient (Wildman–Crippen LogP) is 5.27.